The maximum Gasteiger partial charge on any atom is 0.319 e. The number of methoxy groups -OCH3 is 3. The molecule has 3 heterocycles. The van der Waals surface area contributed by atoms with Crippen LogP contribution in [-0.4, -0.2) is 53.4 Å². The number of ether oxygens (including phenoxy) is 3. The summed E-state index contributed by atoms with van der Waals surface area (Å²) in [6, 6.07) is 10.5. The molecule has 9 nitrogen and oxygen atoms in total. The van der Waals surface area contributed by atoms with Crippen LogP contribution in [0.25, 0.3) is 11.4 Å². The number of aromatic nitrogens is 4. The van der Waals surface area contributed by atoms with Crippen LogP contribution in [0, 0.1) is 5.82 Å². The first-order valence-corrected chi connectivity index (χ1v) is 12.6. The van der Waals surface area contributed by atoms with Crippen LogP contribution in [-0.2, 0) is 4.74 Å². The van der Waals surface area contributed by atoms with Gasteiger partial charge in [0.2, 0.25) is 5.88 Å². The van der Waals surface area contributed by atoms with Crippen LogP contribution in [0.15, 0.2) is 48.7 Å². The van der Waals surface area contributed by atoms with E-state index >= 15 is 0 Å². The number of imidazole rings is 1. The molecule has 0 saturated heterocycles. The monoisotopic (exact) mass is 571 g/mol. The Morgan fingerprint density at radius 3 is 2.44 bits per heavy atom. The molecule has 39 heavy (non-hydrogen) atoms. The average molecular weight is 572 g/mol. The Labute approximate surface area is 234 Å². The van der Waals surface area contributed by atoms with Gasteiger partial charge >= 0.3 is 6.01 Å². The van der Waals surface area contributed by atoms with Crippen LogP contribution in [0.1, 0.15) is 40.8 Å². The lowest BCUT2D eigenvalue weighted by Gasteiger charge is -2.29. The molecule has 4 aromatic rings. The van der Waals surface area contributed by atoms with Gasteiger partial charge in [-0.2, -0.15) is 4.98 Å². The molecule has 2 aromatic carbocycles. The highest BCUT2D eigenvalue weighted by Crippen LogP contribution is 2.46. The van der Waals surface area contributed by atoms with Gasteiger partial charge in [0, 0.05) is 24.0 Å². The summed E-state index contributed by atoms with van der Waals surface area (Å²) in [7, 11) is 4.53. The second kappa shape index (κ2) is 10.8. The number of benzene rings is 2. The summed E-state index contributed by atoms with van der Waals surface area (Å²) < 4.78 is 32.1. The SMILES string of the molecule is COC[C@@H](C)n1c(-c2cnc(OC)nc2OC)nc2c1C(c1ccc(Cl)cc1)N(c1ccc(F)c(Cl)c1)C2=O. The number of nitrogens with zero attached hydrogens (tertiary/aromatic N) is 5. The van der Waals surface area contributed by atoms with E-state index in [0.29, 0.717) is 34.4 Å². The number of carbonyl (C=O) groups excluding carboxylic acids is 1. The van der Waals surface area contributed by atoms with Gasteiger partial charge in [-0.25, -0.2) is 14.4 Å². The second-order valence-electron chi connectivity index (χ2n) is 8.85. The van der Waals surface area contributed by atoms with E-state index in [0.717, 1.165) is 5.56 Å². The molecule has 5 rings (SSSR count). The molecule has 2 atom stereocenters. The highest BCUT2D eigenvalue weighted by Gasteiger charge is 2.45. The normalized spacial score (nSPS) is 15.4. The van der Waals surface area contributed by atoms with Crippen LogP contribution in [0.4, 0.5) is 10.1 Å². The van der Waals surface area contributed by atoms with Gasteiger partial charge in [-0.3, -0.25) is 9.69 Å². The van der Waals surface area contributed by atoms with Gasteiger partial charge < -0.3 is 18.8 Å². The number of carbonyl (C=O) groups is 1. The van der Waals surface area contributed by atoms with Crippen molar-refractivity contribution in [2.45, 2.75) is 19.0 Å². The summed E-state index contributed by atoms with van der Waals surface area (Å²) in [5.74, 6) is -0.314. The zero-order valence-electron chi connectivity index (χ0n) is 21.5. The average Bonchev–Trinajstić information content (AvgIpc) is 3.45. The summed E-state index contributed by atoms with van der Waals surface area (Å²) in [5.41, 5.74) is 2.48. The Kier molecular flexibility index (Phi) is 7.44. The molecule has 1 aliphatic heterocycles. The number of halogens is 3. The van der Waals surface area contributed by atoms with Crippen molar-refractivity contribution < 1.29 is 23.4 Å². The number of amides is 1. The van der Waals surface area contributed by atoms with Gasteiger partial charge in [-0.1, -0.05) is 35.3 Å². The summed E-state index contributed by atoms with van der Waals surface area (Å²) in [6.45, 7) is 2.27. The fourth-order valence-corrected chi connectivity index (χ4v) is 5.08. The fourth-order valence-electron chi connectivity index (χ4n) is 4.78. The van der Waals surface area contributed by atoms with Gasteiger partial charge in [0.15, 0.2) is 5.69 Å². The first-order chi connectivity index (χ1) is 18.8. The number of rotatable bonds is 8. The zero-order chi connectivity index (χ0) is 27.8. The van der Waals surface area contributed by atoms with Crippen molar-refractivity contribution in [3.8, 4) is 23.3 Å². The first-order valence-electron chi connectivity index (χ1n) is 11.9. The van der Waals surface area contributed by atoms with Crippen LogP contribution < -0.4 is 14.4 Å². The molecule has 0 spiro atoms. The lowest BCUT2D eigenvalue weighted by molar-refractivity contribution is 0.0989. The lowest BCUT2D eigenvalue weighted by atomic mass is 10.0. The molecule has 0 bridgehead atoms. The van der Waals surface area contributed by atoms with Crippen molar-refractivity contribution in [2.75, 3.05) is 32.8 Å². The number of hydrogen-bond donors (Lipinski definition) is 0. The highest BCUT2D eigenvalue weighted by atomic mass is 35.5. The third-order valence-electron chi connectivity index (χ3n) is 6.45. The van der Waals surface area contributed by atoms with Crippen molar-refractivity contribution >= 4 is 34.8 Å². The minimum absolute atomic E-state index is 0.101. The lowest BCUT2D eigenvalue weighted by Crippen LogP contribution is -2.30. The Hall–Kier alpha value is -3.73. The second-order valence-corrected chi connectivity index (χ2v) is 9.69. The predicted molar refractivity (Wildman–Crippen MR) is 144 cm³/mol. The molecular formula is C27H24Cl2FN5O4. The van der Waals surface area contributed by atoms with Gasteiger partial charge in [-0.05, 0) is 42.8 Å². The van der Waals surface area contributed by atoms with E-state index in [4.69, 9.17) is 42.4 Å². The topological polar surface area (TPSA) is 91.6 Å². The molecule has 0 radical (unpaired) electrons. The zero-order valence-corrected chi connectivity index (χ0v) is 23.0. The van der Waals surface area contributed by atoms with Crippen LogP contribution in [0.5, 0.6) is 11.9 Å². The summed E-state index contributed by atoms with van der Waals surface area (Å²) in [4.78, 5) is 28.9. The first kappa shape index (κ1) is 26.9. The molecule has 1 aliphatic rings. The minimum atomic E-state index is -0.642. The third kappa shape index (κ3) is 4.69. The van der Waals surface area contributed by atoms with E-state index in [-0.39, 0.29) is 34.6 Å². The highest BCUT2D eigenvalue weighted by molar-refractivity contribution is 6.31. The van der Waals surface area contributed by atoms with E-state index in [2.05, 4.69) is 9.97 Å². The van der Waals surface area contributed by atoms with Crippen molar-refractivity contribution in [3.63, 3.8) is 0 Å². The molecule has 12 heteroatoms. The summed E-state index contributed by atoms with van der Waals surface area (Å²) in [5, 5.41) is 0.442. The van der Waals surface area contributed by atoms with E-state index in [1.807, 2.05) is 23.6 Å². The van der Waals surface area contributed by atoms with Crippen molar-refractivity contribution in [1.29, 1.82) is 0 Å². The number of fused-ring (bicyclic) bond motifs is 1. The van der Waals surface area contributed by atoms with E-state index in [1.165, 1.54) is 38.6 Å². The van der Waals surface area contributed by atoms with Gasteiger partial charge in [0.25, 0.3) is 5.91 Å². The Morgan fingerprint density at radius 1 is 1.05 bits per heavy atom. The smallest absolute Gasteiger partial charge is 0.319 e. The van der Waals surface area contributed by atoms with E-state index in [9.17, 15) is 9.18 Å². The fraction of sp³-hybridized carbons (Fsp3) is 0.259. The third-order valence-corrected chi connectivity index (χ3v) is 6.99. The summed E-state index contributed by atoms with van der Waals surface area (Å²) in [6.07, 6.45) is 1.54. The molecule has 0 saturated carbocycles. The molecule has 0 N–H and O–H groups in total. The maximum atomic E-state index is 14.1. The van der Waals surface area contributed by atoms with Gasteiger partial charge in [0.05, 0.1) is 43.1 Å². The molecule has 0 fully saturated rings. The van der Waals surface area contributed by atoms with Crippen molar-refractivity contribution in [3.05, 3.63) is 81.5 Å². The standard InChI is InChI=1S/C27H24Cl2FN5O4/c1-14(13-37-2)34-23-21(32-24(34)18-12-31-27(39-4)33-25(18)38-3)26(36)35(17-9-10-20(30)19(29)11-17)22(23)15-5-7-16(28)8-6-15/h5-12,14,22H,13H2,1-4H3/t14-,22?/m1/s1. The Bertz CT molecular complexity index is 1550. The number of hydrogen-bond acceptors (Lipinski definition) is 7. The largest absolute Gasteiger partial charge is 0.480 e. The van der Waals surface area contributed by atoms with Crippen LogP contribution in [0.3, 0.4) is 0 Å². The molecule has 202 valence electrons. The van der Waals surface area contributed by atoms with Crippen LogP contribution in [0.2, 0.25) is 10.0 Å². The maximum absolute atomic E-state index is 14.1. The van der Waals surface area contributed by atoms with Gasteiger partial charge in [0.1, 0.15) is 17.7 Å². The minimum Gasteiger partial charge on any atom is -0.480 e. The van der Waals surface area contributed by atoms with Crippen molar-refractivity contribution in [1.82, 2.24) is 19.5 Å². The molecule has 1 amide bonds. The molecule has 2 aromatic heterocycles. The van der Waals surface area contributed by atoms with Crippen LogP contribution >= 0.6 is 23.2 Å². The summed E-state index contributed by atoms with van der Waals surface area (Å²) >= 11 is 12.3. The van der Waals surface area contributed by atoms with Gasteiger partial charge in [-0.15, -0.1) is 0 Å². The molecular weight excluding hydrogens is 548 g/mol. The Balaban J connectivity index is 1.79. The predicted octanol–water partition coefficient (Wildman–Crippen LogP) is 5.76. The molecule has 0 aliphatic carbocycles. The number of anilines is 1. The molecule has 1 unspecified atom stereocenters. The van der Waals surface area contributed by atoms with E-state index in [1.54, 1.807) is 24.1 Å². The van der Waals surface area contributed by atoms with Crippen molar-refractivity contribution in [2.24, 2.45) is 0 Å². The quantitative estimate of drug-likeness (QED) is 0.265. The Morgan fingerprint density at radius 2 is 1.79 bits per heavy atom. The van der Waals surface area contributed by atoms with E-state index < -0.39 is 11.9 Å².